The van der Waals surface area contributed by atoms with Crippen molar-refractivity contribution in [1.82, 2.24) is 0 Å². The number of urea groups is 1. The predicted molar refractivity (Wildman–Crippen MR) is 151 cm³/mol. The highest BCUT2D eigenvalue weighted by atomic mass is 79.9. The Hall–Kier alpha value is -4.56. The number of hydrogen-bond donors (Lipinski definition) is 0. The number of halogens is 2. The summed E-state index contributed by atoms with van der Waals surface area (Å²) in [6.07, 6.45) is 1.84. The van der Waals surface area contributed by atoms with Crippen LogP contribution in [-0.4, -0.2) is 25.0 Å². The number of para-hydroxylation sites is 2. The van der Waals surface area contributed by atoms with Crippen molar-refractivity contribution in [3.8, 4) is 5.75 Å². The van der Waals surface area contributed by atoms with Crippen LogP contribution < -0.4 is 14.5 Å². The third-order valence-electron chi connectivity index (χ3n) is 6.26. The first-order valence-electron chi connectivity index (χ1n) is 12.0. The molecular weight excluding hydrogens is 563 g/mol. The van der Waals surface area contributed by atoms with Crippen LogP contribution in [0.3, 0.4) is 0 Å². The minimum atomic E-state index is -0.760. The van der Waals surface area contributed by atoms with E-state index in [-0.39, 0.29) is 11.4 Å². The summed E-state index contributed by atoms with van der Waals surface area (Å²) in [5.74, 6) is -1.31. The molecule has 39 heavy (non-hydrogen) atoms. The molecule has 1 aliphatic rings. The maximum absolute atomic E-state index is 13.7. The average molecular weight is 585 g/mol. The molecule has 5 rings (SSSR count). The van der Waals surface area contributed by atoms with Gasteiger partial charge in [0.15, 0.2) is 0 Å². The van der Waals surface area contributed by atoms with E-state index < -0.39 is 17.8 Å². The van der Waals surface area contributed by atoms with Gasteiger partial charge < -0.3 is 4.74 Å². The molecule has 4 amide bonds. The summed E-state index contributed by atoms with van der Waals surface area (Å²) in [4.78, 5) is 42.7. The van der Waals surface area contributed by atoms with Gasteiger partial charge in [-0.1, -0.05) is 64.5 Å². The van der Waals surface area contributed by atoms with Gasteiger partial charge in [0.1, 0.15) is 17.1 Å². The van der Waals surface area contributed by atoms with Crippen LogP contribution in [0.4, 0.5) is 20.6 Å². The van der Waals surface area contributed by atoms with Gasteiger partial charge in [-0.05, 0) is 65.7 Å². The Kier molecular flexibility index (Phi) is 7.38. The van der Waals surface area contributed by atoms with E-state index in [0.29, 0.717) is 33.6 Å². The third kappa shape index (κ3) is 5.24. The highest BCUT2D eigenvalue weighted by Gasteiger charge is 2.43. The van der Waals surface area contributed by atoms with Crippen molar-refractivity contribution in [2.24, 2.45) is 0 Å². The third-order valence-corrected chi connectivity index (χ3v) is 6.96. The Labute approximate surface area is 233 Å². The molecule has 0 saturated carbocycles. The van der Waals surface area contributed by atoms with Crippen molar-refractivity contribution in [3.05, 3.63) is 130 Å². The van der Waals surface area contributed by atoms with Crippen molar-refractivity contribution < 1.29 is 23.5 Å². The fraction of sp³-hybridized carbons (Fsp3) is 0.0645. The number of benzene rings is 4. The molecule has 0 radical (unpaired) electrons. The quantitative estimate of drug-likeness (QED) is 0.185. The molecule has 0 bridgehead atoms. The molecule has 0 aliphatic carbocycles. The van der Waals surface area contributed by atoms with E-state index in [9.17, 15) is 18.8 Å². The Morgan fingerprint density at radius 2 is 1.38 bits per heavy atom. The Morgan fingerprint density at radius 3 is 1.92 bits per heavy atom. The van der Waals surface area contributed by atoms with Crippen LogP contribution in [0.15, 0.2) is 107 Å². The number of carbonyl (C=O) groups is 3. The second kappa shape index (κ2) is 11.0. The number of rotatable bonds is 6. The lowest BCUT2D eigenvalue weighted by Crippen LogP contribution is -2.57. The number of carbonyl (C=O) groups excluding carboxylic acids is 3. The van der Waals surface area contributed by atoms with Crippen molar-refractivity contribution in [3.63, 3.8) is 0 Å². The van der Waals surface area contributed by atoms with E-state index >= 15 is 0 Å². The van der Waals surface area contributed by atoms with Gasteiger partial charge in [0.25, 0.3) is 11.8 Å². The zero-order valence-electron chi connectivity index (χ0n) is 20.8. The highest BCUT2D eigenvalue weighted by molar-refractivity contribution is 9.10. The van der Waals surface area contributed by atoms with Gasteiger partial charge in [0.2, 0.25) is 0 Å². The topological polar surface area (TPSA) is 66.9 Å². The van der Waals surface area contributed by atoms with E-state index in [1.165, 1.54) is 25.3 Å². The average Bonchev–Trinajstić information content (AvgIpc) is 2.93. The molecule has 6 nitrogen and oxygen atoms in total. The normalized spacial score (nSPS) is 13.6. The molecule has 8 heteroatoms. The van der Waals surface area contributed by atoms with Crippen molar-refractivity contribution in [2.75, 3.05) is 16.9 Å². The molecule has 1 fully saturated rings. The van der Waals surface area contributed by atoms with Crippen LogP contribution >= 0.6 is 15.9 Å². The minimum Gasteiger partial charge on any atom is -0.496 e. The van der Waals surface area contributed by atoms with Crippen molar-refractivity contribution in [2.45, 2.75) is 6.42 Å². The Bertz CT molecular complexity index is 1540. The number of nitrogens with zero attached hydrogens (tertiary/aromatic N) is 2. The van der Waals surface area contributed by atoms with Crippen LogP contribution in [-0.2, 0) is 16.0 Å². The molecule has 4 aromatic rings. The molecule has 0 N–H and O–H groups in total. The molecule has 0 aromatic heterocycles. The van der Waals surface area contributed by atoms with Crippen LogP contribution in [0.2, 0.25) is 0 Å². The summed E-state index contributed by atoms with van der Waals surface area (Å²) >= 11 is 3.57. The maximum Gasteiger partial charge on any atom is 0.343 e. The van der Waals surface area contributed by atoms with Crippen LogP contribution in [0.1, 0.15) is 16.7 Å². The van der Waals surface area contributed by atoms with Gasteiger partial charge >= 0.3 is 6.03 Å². The molecule has 0 unspecified atom stereocenters. The number of barbiturate groups is 1. The number of methoxy groups -OCH3 is 1. The van der Waals surface area contributed by atoms with Crippen LogP contribution in [0, 0.1) is 5.82 Å². The SMILES string of the molecule is COc1cc(C=C2C(=O)N(c3ccccc3)C(=O)N(c3ccccc3)C2=O)cc(Br)c1Cc1cccc(F)c1. The monoisotopic (exact) mass is 584 g/mol. The Morgan fingerprint density at radius 1 is 0.795 bits per heavy atom. The molecule has 1 saturated heterocycles. The fourth-order valence-corrected chi connectivity index (χ4v) is 5.03. The van der Waals surface area contributed by atoms with Gasteiger partial charge in [0, 0.05) is 16.5 Å². The fourth-order valence-electron chi connectivity index (χ4n) is 4.43. The van der Waals surface area contributed by atoms with E-state index in [2.05, 4.69) is 15.9 Å². The zero-order chi connectivity index (χ0) is 27.5. The molecule has 1 aliphatic heterocycles. The smallest absolute Gasteiger partial charge is 0.343 e. The van der Waals surface area contributed by atoms with E-state index in [1.54, 1.807) is 78.9 Å². The lowest BCUT2D eigenvalue weighted by molar-refractivity contribution is -0.121. The van der Waals surface area contributed by atoms with Gasteiger partial charge in [0.05, 0.1) is 18.5 Å². The summed E-state index contributed by atoms with van der Waals surface area (Å²) in [6, 6.07) is 25.9. The first-order valence-corrected chi connectivity index (χ1v) is 12.8. The maximum atomic E-state index is 13.7. The lowest BCUT2D eigenvalue weighted by atomic mass is 10.00. The van der Waals surface area contributed by atoms with Crippen molar-refractivity contribution in [1.29, 1.82) is 0 Å². The predicted octanol–water partition coefficient (Wildman–Crippen LogP) is 6.77. The van der Waals surface area contributed by atoms with Gasteiger partial charge in [-0.15, -0.1) is 0 Å². The first kappa shape index (κ1) is 26.1. The minimum absolute atomic E-state index is 0.186. The summed E-state index contributed by atoms with van der Waals surface area (Å²) in [7, 11) is 1.51. The molecule has 4 aromatic carbocycles. The van der Waals surface area contributed by atoms with Crippen molar-refractivity contribution >= 4 is 51.2 Å². The molecule has 1 heterocycles. The molecular formula is C31H22BrFN2O4. The van der Waals surface area contributed by atoms with Gasteiger partial charge in [-0.2, -0.15) is 0 Å². The summed E-state index contributed by atoms with van der Waals surface area (Å²) in [5.41, 5.74) is 2.54. The standard InChI is InChI=1S/C31H22BrFN2O4/c1-39-28-19-21(18-27(32)25(28)16-20-9-8-10-22(33)15-20)17-26-29(36)34(23-11-4-2-5-12-23)31(38)35(30(26)37)24-13-6-3-7-14-24/h2-15,17-19H,16H2,1H3. The second-order valence-corrected chi connectivity index (χ2v) is 9.64. The largest absolute Gasteiger partial charge is 0.496 e. The van der Waals surface area contributed by atoms with E-state index in [0.717, 1.165) is 20.9 Å². The van der Waals surface area contributed by atoms with Gasteiger partial charge in [-0.25, -0.2) is 19.0 Å². The lowest BCUT2D eigenvalue weighted by Gasteiger charge is -2.34. The zero-order valence-corrected chi connectivity index (χ0v) is 22.4. The summed E-state index contributed by atoms with van der Waals surface area (Å²) in [5, 5.41) is 0. The van der Waals surface area contributed by atoms with Gasteiger partial charge in [-0.3, -0.25) is 9.59 Å². The number of hydrogen-bond acceptors (Lipinski definition) is 4. The number of imide groups is 2. The number of ether oxygens (including phenoxy) is 1. The van der Waals surface area contributed by atoms with E-state index in [1.807, 2.05) is 6.07 Å². The summed E-state index contributed by atoms with van der Waals surface area (Å²) < 4.78 is 20.0. The molecule has 0 spiro atoms. The van der Waals surface area contributed by atoms with Crippen LogP contribution in [0.5, 0.6) is 5.75 Å². The summed E-state index contributed by atoms with van der Waals surface area (Å²) in [6.45, 7) is 0. The van der Waals surface area contributed by atoms with Crippen LogP contribution in [0.25, 0.3) is 6.08 Å². The highest BCUT2D eigenvalue weighted by Crippen LogP contribution is 2.34. The van der Waals surface area contributed by atoms with E-state index in [4.69, 9.17) is 4.74 Å². The second-order valence-electron chi connectivity index (χ2n) is 8.78. The number of amides is 4. The Balaban J connectivity index is 1.59. The molecule has 0 atom stereocenters. The first-order chi connectivity index (χ1) is 18.9. The molecule has 194 valence electrons. The number of anilines is 2.